The Balaban J connectivity index is 2.16. The highest BCUT2D eigenvalue weighted by molar-refractivity contribution is 5.47. The molecule has 0 aromatic carbocycles. The van der Waals surface area contributed by atoms with E-state index in [0.29, 0.717) is 0 Å². The van der Waals surface area contributed by atoms with Crippen molar-refractivity contribution in [1.82, 2.24) is 0 Å². The molecule has 0 unspecified atom stereocenters. The Hall–Kier alpha value is -1.56. The van der Waals surface area contributed by atoms with E-state index in [1.165, 1.54) is 22.3 Å². The molecule has 2 aliphatic rings. The molecule has 2 aliphatic carbocycles. The Bertz CT molecular complexity index is 365. The lowest BCUT2D eigenvalue weighted by atomic mass is 9.99. The lowest BCUT2D eigenvalue weighted by Crippen LogP contribution is -1.87. The van der Waals surface area contributed by atoms with Crippen molar-refractivity contribution in [3.05, 3.63) is 70.9 Å². The van der Waals surface area contributed by atoms with Crippen molar-refractivity contribution >= 4 is 0 Å². The molecule has 0 fully saturated rings. The Morgan fingerprint density at radius 1 is 0.733 bits per heavy atom. The standard InChI is InChI=1S/C15H16/c1-12(14-7-3-4-8-14)11-13(2)15-9-5-6-10-15/h3-10H,11H2,1-2H3. The van der Waals surface area contributed by atoms with Crippen LogP contribution in [0.5, 0.6) is 0 Å². The molecule has 0 aliphatic heterocycles. The van der Waals surface area contributed by atoms with Gasteiger partial charge in [0.05, 0.1) is 0 Å². The van der Waals surface area contributed by atoms with E-state index in [4.69, 9.17) is 0 Å². The molecule has 0 radical (unpaired) electrons. The van der Waals surface area contributed by atoms with Crippen LogP contribution in [0.2, 0.25) is 0 Å². The molecular weight excluding hydrogens is 180 g/mol. The van der Waals surface area contributed by atoms with Gasteiger partial charge in [-0.3, -0.25) is 0 Å². The normalized spacial score (nSPS) is 16.9. The zero-order chi connectivity index (χ0) is 10.7. The fraction of sp³-hybridized carbons (Fsp3) is 0.200. The Morgan fingerprint density at radius 3 is 1.40 bits per heavy atom. The number of hydrogen-bond donors (Lipinski definition) is 0. The summed E-state index contributed by atoms with van der Waals surface area (Å²) in [5.74, 6) is 0. The molecule has 76 valence electrons. The van der Waals surface area contributed by atoms with Crippen molar-refractivity contribution in [2.75, 3.05) is 0 Å². The van der Waals surface area contributed by atoms with Crippen LogP contribution in [0.3, 0.4) is 0 Å². The largest absolute Gasteiger partial charge is 0.0620 e. The summed E-state index contributed by atoms with van der Waals surface area (Å²) in [5.41, 5.74) is 5.61. The monoisotopic (exact) mass is 196 g/mol. The summed E-state index contributed by atoms with van der Waals surface area (Å²) >= 11 is 0. The van der Waals surface area contributed by atoms with Crippen LogP contribution in [-0.4, -0.2) is 0 Å². The maximum atomic E-state index is 2.21. The molecule has 0 aromatic rings. The van der Waals surface area contributed by atoms with Gasteiger partial charge < -0.3 is 0 Å². The quantitative estimate of drug-likeness (QED) is 0.619. The molecule has 0 heteroatoms. The first-order valence-electron chi connectivity index (χ1n) is 5.36. The van der Waals surface area contributed by atoms with Crippen LogP contribution in [0, 0.1) is 0 Å². The van der Waals surface area contributed by atoms with Crippen LogP contribution in [0.25, 0.3) is 0 Å². The maximum absolute atomic E-state index is 2.21. The van der Waals surface area contributed by atoms with Gasteiger partial charge in [-0.25, -0.2) is 0 Å². The lowest BCUT2D eigenvalue weighted by molar-refractivity contribution is 1.08. The average molecular weight is 196 g/mol. The summed E-state index contributed by atoms with van der Waals surface area (Å²) in [6.45, 7) is 4.42. The third kappa shape index (κ3) is 2.27. The van der Waals surface area contributed by atoms with Gasteiger partial charge in [0.15, 0.2) is 0 Å². The fourth-order valence-electron chi connectivity index (χ4n) is 1.92. The zero-order valence-corrected chi connectivity index (χ0v) is 9.33. The molecule has 0 saturated carbocycles. The maximum Gasteiger partial charge on any atom is -0.00960 e. The van der Waals surface area contributed by atoms with Gasteiger partial charge in [-0.15, -0.1) is 0 Å². The van der Waals surface area contributed by atoms with E-state index < -0.39 is 0 Å². The first kappa shape index (κ1) is 9.97. The third-order valence-electron chi connectivity index (χ3n) is 2.84. The summed E-state index contributed by atoms with van der Waals surface area (Å²) in [6.07, 6.45) is 18.1. The summed E-state index contributed by atoms with van der Waals surface area (Å²) in [5, 5.41) is 0. The smallest absolute Gasteiger partial charge is 0.00960 e. The topological polar surface area (TPSA) is 0 Å². The van der Waals surface area contributed by atoms with Crippen molar-refractivity contribution in [2.24, 2.45) is 0 Å². The van der Waals surface area contributed by atoms with Gasteiger partial charge >= 0.3 is 0 Å². The molecule has 0 amide bonds. The second-order valence-corrected chi connectivity index (χ2v) is 4.08. The molecule has 0 nitrogen and oxygen atoms in total. The number of allylic oxidation sites excluding steroid dienone is 12. The van der Waals surface area contributed by atoms with Gasteiger partial charge in [-0.05, 0) is 31.4 Å². The first-order valence-corrected chi connectivity index (χ1v) is 5.36. The van der Waals surface area contributed by atoms with E-state index in [9.17, 15) is 0 Å². The van der Waals surface area contributed by atoms with Crippen molar-refractivity contribution in [3.8, 4) is 0 Å². The molecule has 0 aromatic heterocycles. The van der Waals surface area contributed by atoms with Crippen LogP contribution in [-0.2, 0) is 0 Å². The van der Waals surface area contributed by atoms with Crippen LogP contribution >= 0.6 is 0 Å². The zero-order valence-electron chi connectivity index (χ0n) is 9.33. The minimum absolute atomic E-state index is 1.06. The highest BCUT2D eigenvalue weighted by Gasteiger charge is 2.03. The average Bonchev–Trinajstić information content (AvgIpc) is 2.91. The second-order valence-electron chi connectivity index (χ2n) is 4.08. The van der Waals surface area contributed by atoms with Gasteiger partial charge in [0, 0.05) is 0 Å². The van der Waals surface area contributed by atoms with Crippen LogP contribution < -0.4 is 0 Å². The minimum atomic E-state index is 1.06. The fourth-order valence-corrected chi connectivity index (χ4v) is 1.92. The molecule has 15 heavy (non-hydrogen) atoms. The van der Waals surface area contributed by atoms with Gasteiger partial charge in [0.1, 0.15) is 0 Å². The predicted octanol–water partition coefficient (Wildman–Crippen LogP) is 4.26. The number of hydrogen-bond acceptors (Lipinski definition) is 0. The van der Waals surface area contributed by atoms with Crippen molar-refractivity contribution < 1.29 is 0 Å². The Morgan fingerprint density at radius 2 is 1.07 bits per heavy atom. The molecule has 2 rings (SSSR count). The van der Waals surface area contributed by atoms with Crippen molar-refractivity contribution in [1.29, 1.82) is 0 Å². The van der Waals surface area contributed by atoms with Gasteiger partial charge in [-0.1, -0.05) is 59.8 Å². The molecule has 0 spiro atoms. The van der Waals surface area contributed by atoms with Crippen LogP contribution in [0.1, 0.15) is 20.3 Å². The lowest BCUT2D eigenvalue weighted by Gasteiger charge is -2.06. The minimum Gasteiger partial charge on any atom is -0.0620 e. The van der Waals surface area contributed by atoms with E-state index in [1.54, 1.807) is 0 Å². The Labute approximate surface area is 91.7 Å². The van der Waals surface area contributed by atoms with E-state index in [0.717, 1.165) is 6.42 Å². The molecular formula is C15H16. The molecule has 0 heterocycles. The van der Waals surface area contributed by atoms with E-state index >= 15 is 0 Å². The molecule has 0 bridgehead atoms. The van der Waals surface area contributed by atoms with Crippen molar-refractivity contribution in [3.63, 3.8) is 0 Å². The summed E-state index contributed by atoms with van der Waals surface area (Å²) in [6, 6.07) is 0. The van der Waals surface area contributed by atoms with Crippen LogP contribution in [0.15, 0.2) is 70.9 Å². The summed E-state index contributed by atoms with van der Waals surface area (Å²) in [7, 11) is 0. The Kier molecular flexibility index (Phi) is 2.86. The van der Waals surface area contributed by atoms with E-state index in [-0.39, 0.29) is 0 Å². The second kappa shape index (κ2) is 4.31. The molecule has 0 atom stereocenters. The van der Waals surface area contributed by atoms with Gasteiger partial charge in [0.2, 0.25) is 0 Å². The van der Waals surface area contributed by atoms with E-state index in [1.807, 2.05) is 0 Å². The summed E-state index contributed by atoms with van der Waals surface area (Å²) < 4.78 is 0. The number of rotatable bonds is 2. The van der Waals surface area contributed by atoms with Gasteiger partial charge in [-0.2, -0.15) is 0 Å². The van der Waals surface area contributed by atoms with Crippen LogP contribution in [0.4, 0.5) is 0 Å². The third-order valence-corrected chi connectivity index (χ3v) is 2.84. The summed E-state index contributed by atoms with van der Waals surface area (Å²) in [4.78, 5) is 0. The van der Waals surface area contributed by atoms with Gasteiger partial charge in [0.25, 0.3) is 0 Å². The van der Waals surface area contributed by atoms with E-state index in [2.05, 4.69) is 62.5 Å². The highest BCUT2D eigenvalue weighted by atomic mass is 14.1. The molecule has 0 N–H and O–H groups in total. The SMILES string of the molecule is CC(CC(C)=C1C=CC=C1)=C1C=CC=C1. The van der Waals surface area contributed by atoms with Crippen molar-refractivity contribution in [2.45, 2.75) is 20.3 Å². The predicted molar refractivity (Wildman–Crippen MR) is 66.6 cm³/mol. The first-order chi connectivity index (χ1) is 7.27. The molecule has 0 saturated heterocycles. The highest BCUT2D eigenvalue weighted by Crippen LogP contribution is 2.23.